The molecule has 0 bridgehead atoms. The van der Waals surface area contributed by atoms with Crippen molar-refractivity contribution < 1.29 is 28.7 Å². The summed E-state index contributed by atoms with van der Waals surface area (Å²) in [6, 6.07) is 0. The Kier molecular flexibility index (Phi) is 8.32. The van der Waals surface area contributed by atoms with Gasteiger partial charge in [-0.2, -0.15) is 12.2 Å². The Morgan fingerprint density at radius 3 is 2.46 bits per heavy atom. The summed E-state index contributed by atoms with van der Waals surface area (Å²) in [6.45, 7) is 2.15. The van der Waals surface area contributed by atoms with Gasteiger partial charge >= 0.3 is 25.8 Å². The molecule has 0 aliphatic heterocycles. The molecule has 0 amide bonds. The van der Waals surface area contributed by atoms with Crippen LogP contribution in [0, 0.1) is 12.2 Å². The number of rotatable bonds is 1. The molecule has 0 nitrogen and oxygen atoms in total. The van der Waals surface area contributed by atoms with E-state index in [0.29, 0.717) is 0 Å². The van der Waals surface area contributed by atoms with E-state index < -0.39 is 0 Å². The Balaban J connectivity index is -0.000000165. The first-order valence-corrected chi connectivity index (χ1v) is 4.41. The quantitative estimate of drug-likeness (QED) is 0.506. The van der Waals surface area contributed by atoms with Gasteiger partial charge in [0.15, 0.2) is 0 Å². The maximum absolute atomic E-state index is 3.21. The molecule has 0 N–H and O–H groups in total. The van der Waals surface area contributed by atoms with Gasteiger partial charge < -0.3 is 2.85 Å². The molecule has 13 heavy (non-hydrogen) atoms. The molecule has 0 saturated heterocycles. The second kappa shape index (κ2) is 8.43. The van der Waals surface area contributed by atoms with Crippen molar-refractivity contribution in [2.45, 2.75) is 26.2 Å². The first-order valence-electron chi connectivity index (χ1n) is 4.41. The van der Waals surface area contributed by atoms with Crippen LogP contribution < -0.4 is 0 Å². The van der Waals surface area contributed by atoms with Crippen LogP contribution in [0.2, 0.25) is 0 Å². The van der Waals surface area contributed by atoms with Crippen LogP contribution in [0.3, 0.4) is 0 Å². The van der Waals surface area contributed by atoms with E-state index in [4.69, 9.17) is 0 Å². The standard InChI is InChI=1S/C7H9.C5H5.Hf.2H/c1-2-7-5-3-4-6-7;1-2-4-5-3-1;;;/h3,5H,2,4H2,1H3;1-3H,4H2;;;/q2*-1;+4;2*-1. The summed E-state index contributed by atoms with van der Waals surface area (Å²) in [7, 11) is 0. The van der Waals surface area contributed by atoms with Crippen molar-refractivity contribution in [1.82, 2.24) is 0 Å². The summed E-state index contributed by atoms with van der Waals surface area (Å²) in [5.41, 5.74) is 1.36. The molecule has 0 saturated carbocycles. The molecule has 2 aliphatic carbocycles. The molecule has 0 unspecified atom stereocenters. The first-order chi connectivity index (χ1) is 5.93. The van der Waals surface area contributed by atoms with Crippen LogP contribution >= 0.6 is 0 Å². The minimum absolute atomic E-state index is 0. The molecular formula is C12H16Hf. The second-order valence-electron chi connectivity index (χ2n) is 2.67. The van der Waals surface area contributed by atoms with Crippen molar-refractivity contribution in [2.24, 2.45) is 0 Å². The van der Waals surface area contributed by atoms with Gasteiger partial charge in [0.1, 0.15) is 0 Å². The SMILES string of the molecule is CCC1=[C-]CC=C1.[C-]1=CC=CC1.[H-].[H-].[Hf+4]. The van der Waals surface area contributed by atoms with E-state index in [9.17, 15) is 0 Å². The van der Waals surface area contributed by atoms with Crippen LogP contribution in [0.4, 0.5) is 0 Å². The van der Waals surface area contributed by atoms with E-state index in [1.54, 1.807) is 0 Å². The van der Waals surface area contributed by atoms with Gasteiger partial charge in [0, 0.05) is 0 Å². The van der Waals surface area contributed by atoms with Gasteiger partial charge in [-0.1, -0.05) is 13.3 Å². The van der Waals surface area contributed by atoms with Crippen LogP contribution in [0.25, 0.3) is 0 Å². The average Bonchev–Trinajstić information content (AvgIpc) is 2.81. The van der Waals surface area contributed by atoms with Crippen LogP contribution in [0.15, 0.2) is 36.0 Å². The van der Waals surface area contributed by atoms with Crippen LogP contribution in [-0.4, -0.2) is 0 Å². The Labute approximate surface area is 103 Å². The molecule has 1 heteroatoms. The first kappa shape index (κ1) is 12.8. The molecule has 0 spiro atoms. The van der Waals surface area contributed by atoms with Crippen LogP contribution in [-0.2, 0) is 25.8 Å². The third kappa shape index (κ3) is 5.98. The van der Waals surface area contributed by atoms with E-state index in [1.165, 1.54) is 5.57 Å². The van der Waals surface area contributed by atoms with Gasteiger partial charge in [-0.05, 0) is 0 Å². The van der Waals surface area contributed by atoms with Gasteiger partial charge in [0.05, 0.1) is 0 Å². The molecule has 0 aromatic carbocycles. The van der Waals surface area contributed by atoms with Gasteiger partial charge in [0.25, 0.3) is 0 Å². The topological polar surface area (TPSA) is 0 Å². The Morgan fingerprint density at radius 2 is 2.23 bits per heavy atom. The molecule has 0 aromatic rings. The summed E-state index contributed by atoms with van der Waals surface area (Å²) in [4.78, 5) is 0. The predicted octanol–water partition coefficient (Wildman–Crippen LogP) is 3.61. The van der Waals surface area contributed by atoms with Crippen molar-refractivity contribution in [1.29, 1.82) is 0 Å². The molecule has 0 fully saturated rings. The summed E-state index contributed by atoms with van der Waals surface area (Å²) >= 11 is 0. The maximum Gasteiger partial charge on any atom is 4.00 e. The number of allylic oxidation sites excluding steroid dienone is 8. The van der Waals surface area contributed by atoms with E-state index in [2.05, 4.69) is 37.3 Å². The minimum Gasteiger partial charge on any atom is -1.00 e. The van der Waals surface area contributed by atoms with Crippen molar-refractivity contribution in [3.05, 3.63) is 48.1 Å². The fourth-order valence-corrected chi connectivity index (χ4v) is 1.03. The van der Waals surface area contributed by atoms with Crippen molar-refractivity contribution in [3.8, 4) is 0 Å². The fourth-order valence-electron chi connectivity index (χ4n) is 1.03. The zero-order valence-corrected chi connectivity index (χ0v) is 11.6. The zero-order valence-electron chi connectivity index (χ0n) is 10.0. The summed E-state index contributed by atoms with van der Waals surface area (Å²) in [5, 5.41) is 0. The molecule has 0 aromatic heterocycles. The van der Waals surface area contributed by atoms with Gasteiger partial charge in [-0.3, -0.25) is 12.2 Å². The Morgan fingerprint density at radius 1 is 1.38 bits per heavy atom. The predicted molar refractivity (Wildman–Crippen MR) is 54.6 cm³/mol. The molecule has 0 atom stereocenters. The Bertz CT molecular complexity index is 230. The largest absolute Gasteiger partial charge is 4.00 e. The normalized spacial score (nSPS) is 16.2. The third-order valence-electron chi connectivity index (χ3n) is 1.73. The van der Waals surface area contributed by atoms with Gasteiger partial charge in [-0.25, -0.2) is 23.8 Å². The molecule has 68 valence electrons. The van der Waals surface area contributed by atoms with Crippen molar-refractivity contribution in [2.75, 3.05) is 0 Å². The average molecular weight is 339 g/mol. The molecule has 0 radical (unpaired) electrons. The van der Waals surface area contributed by atoms with Crippen molar-refractivity contribution >= 4 is 0 Å². The minimum atomic E-state index is 0. The summed E-state index contributed by atoms with van der Waals surface area (Å²) < 4.78 is 0. The number of hydrogen-bond donors (Lipinski definition) is 0. The second-order valence-corrected chi connectivity index (χ2v) is 2.67. The van der Waals surface area contributed by atoms with E-state index in [0.717, 1.165) is 19.3 Å². The zero-order chi connectivity index (χ0) is 8.65. The molecule has 2 rings (SSSR count). The number of hydrogen-bond acceptors (Lipinski definition) is 0. The molecular weight excluding hydrogens is 323 g/mol. The third-order valence-corrected chi connectivity index (χ3v) is 1.73. The van der Waals surface area contributed by atoms with Crippen LogP contribution in [0.5, 0.6) is 0 Å². The molecule has 0 heterocycles. The van der Waals surface area contributed by atoms with E-state index in [-0.39, 0.29) is 28.7 Å². The van der Waals surface area contributed by atoms with Gasteiger partial charge in [0.2, 0.25) is 0 Å². The van der Waals surface area contributed by atoms with E-state index >= 15 is 0 Å². The van der Waals surface area contributed by atoms with Crippen LogP contribution in [0.1, 0.15) is 29.0 Å². The molecule has 2 aliphatic rings. The van der Waals surface area contributed by atoms with E-state index in [1.807, 2.05) is 12.2 Å². The van der Waals surface area contributed by atoms with Gasteiger partial charge in [-0.15, -0.1) is 12.8 Å². The maximum atomic E-state index is 3.21. The fraction of sp³-hybridized carbons (Fsp3) is 0.333. The monoisotopic (exact) mass is 340 g/mol. The summed E-state index contributed by atoms with van der Waals surface area (Å²) in [6.07, 6.45) is 19.7. The summed E-state index contributed by atoms with van der Waals surface area (Å²) in [5.74, 6) is 0. The van der Waals surface area contributed by atoms with Crippen molar-refractivity contribution in [3.63, 3.8) is 0 Å². The Hall–Kier alpha value is -0.170. The smallest absolute Gasteiger partial charge is 1.00 e.